The summed E-state index contributed by atoms with van der Waals surface area (Å²) in [5.74, 6) is 1.53. The minimum Gasteiger partial charge on any atom is -0.393 e. The van der Waals surface area contributed by atoms with Gasteiger partial charge in [-0.1, -0.05) is 35.3 Å². The fourth-order valence-electron chi connectivity index (χ4n) is 4.06. The number of aromatic nitrogens is 2. The molecule has 2 heterocycles. The Hall–Kier alpha value is -1.76. The van der Waals surface area contributed by atoms with E-state index in [-0.39, 0.29) is 18.1 Å². The zero-order valence-corrected chi connectivity index (χ0v) is 14.6. The summed E-state index contributed by atoms with van der Waals surface area (Å²) in [6, 6.07) is 8.32. The van der Waals surface area contributed by atoms with Crippen LogP contribution in [0.1, 0.15) is 30.7 Å². The minimum atomic E-state index is -0.222. The van der Waals surface area contributed by atoms with E-state index in [1.54, 1.807) is 0 Å². The Balaban J connectivity index is 1.49. The summed E-state index contributed by atoms with van der Waals surface area (Å²) in [4.78, 5) is 6.90. The predicted molar refractivity (Wildman–Crippen MR) is 92.8 cm³/mol. The molecule has 1 N–H and O–H groups in total. The second-order valence-corrected chi connectivity index (χ2v) is 7.16. The summed E-state index contributed by atoms with van der Waals surface area (Å²) in [6.07, 6.45) is 2.82. The highest BCUT2D eigenvalue weighted by atomic mass is 16.5. The van der Waals surface area contributed by atoms with Crippen LogP contribution < -0.4 is 0 Å². The summed E-state index contributed by atoms with van der Waals surface area (Å²) in [6.45, 7) is 4.86. The molecule has 0 bridgehead atoms. The van der Waals surface area contributed by atoms with Crippen molar-refractivity contribution >= 4 is 0 Å². The Morgan fingerprint density at radius 2 is 2.24 bits per heavy atom. The van der Waals surface area contributed by atoms with Gasteiger partial charge in [-0.3, -0.25) is 4.90 Å². The van der Waals surface area contributed by atoms with Gasteiger partial charge >= 0.3 is 0 Å². The molecule has 4 rings (SSSR count). The van der Waals surface area contributed by atoms with Crippen LogP contribution in [-0.4, -0.2) is 52.1 Å². The molecule has 0 spiro atoms. The van der Waals surface area contributed by atoms with Gasteiger partial charge in [0.1, 0.15) is 0 Å². The zero-order chi connectivity index (χ0) is 17.2. The Bertz CT molecular complexity index is 717. The quantitative estimate of drug-likeness (QED) is 0.919. The molecule has 1 aliphatic carbocycles. The van der Waals surface area contributed by atoms with Gasteiger partial charge in [0.15, 0.2) is 0 Å². The molecule has 0 radical (unpaired) electrons. The summed E-state index contributed by atoms with van der Waals surface area (Å²) in [5.41, 5.74) is 2.15. The van der Waals surface area contributed by atoms with Crippen molar-refractivity contribution in [3.8, 4) is 11.4 Å². The molecule has 1 saturated heterocycles. The van der Waals surface area contributed by atoms with Crippen LogP contribution in [-0.2, 0) is 11.3 Å². The van der Waals surface area contributed by atoms with Gasteiger partial charge in [0, 0.05) is 24.1 Å². The van der Waals surface area contributed by atoms with Crippen LogP contribution in [0.3, 0.4) is 0 Å². The number of ether oxygens (including phenoxy) is 1. The molecule has 6 nitrogen and oxygen atoms in total. The fraction of sp³-hybridized carbons (Fsp3) is 0.579. The average molecular weight is 343 g/mol. The first-order valence-electron chi connectivity index (χ1n) is 9.10. The first-order valence-corrected chi connectivity index (χ1v) is 9.10. The number of aliphatic hydroxyl groups excluding tert-OH is 1. The van der Waals surface area contributed by atoms with Gasteiger partial charge in [-0.25, -0.2) is 0 Å². The summed E-state index contributed by atoms with van der Waals surface area (Å²) >= 11 is 0. The highest BCUT2D eigenvalue weighted by Crippen LogP contribution is 2.32. The Kier molecular flexibility index (Phi) is 4.83. The van der Waals surface area contributed by atoms with Crippen LogP contribution in [0.15, 0.2) is 28.8 Å². The second-order valence-electron chi connectivity index (χ2n) is 7.16. The van der Waals surface area contributed by atoms with Crippen LogP contribution in [0.5, 0.6) is 0 Å². The summed E-state index contributed by atoms with van der Waals surface area (Å²) in [5, 5.41) is 14.4. The molecule has 1 aliphatic heterocycles. The molecule has 3 atom stereocenters. The van der Waals surface area contributed by atoms with E-state index in [1.165, 1.54) is 5.56 Å². The molecular formula is C19H25N3O3. The second kappa shape index (κ2) is 7.23. The molecule has 6 heteroatoms. The van der Waals surface area contributed by atoms with Crippen molar-refractivity contribution in [2.24, 2.45) is 5.92 Å². The third kappa shape index (κ3) is 3.61. The van der Waals surface area contributed by atoms with E-state index in [0.29, 0.717) is 31.5 Å². The lowest BCUT2D eigenvalue weighted by atomic mass is 9.94. The fourth-order valence-corrected chi connectivity index (χ4v) is 4.06. The summed E-state index contributed by atoms with van der Waals surface area (Å²) < 4.78 is 11.2. The number of aryl methyl sites for hydroxylation is 1. The van der Waals surface area contributed by atoms with E-state index in [1.807, 2.05) is 12.1 Å². The minimum absolute atomic E-state index is 0.222. The van der Waals surface area contributed by atoms with Crippen molar-refractivity contribution in [2.75, 3.05) is 19.8 Å². The van der Waals surface area contributed by atoms with E-state index >= 15 is 0 Å². The van der Waals surface area contributed by atoms with E-state index in [9.17, 15) is 5.11 Å². The lowest BCUT2D eigenvalue weighted by Crippen LogP contribution is -2.50. The third-order valence-corrected chi connectivity index (χ3v) is 5.39. The number of aliphatic hydroxyl groups is 1. The van der Waals surface area contributed by atoms with Crippen molar-refractivity contribution in [1.82, 2.24) is 15.0 Å². The normalized spacial score (nSPS) is 27.7. The number of nitrogens with zero attached hydrogens (tertiary/aromatic N) is 3. The van der Waals surface area contributed by atoms with Gasteiger partial charge in [-0.15, -0.1) is 0 Å². The molecule has 25 heavy (non-hydrogen) atoms. The van der Waals surface area contributed by atoms with Crippen LogP contribution in [0.4, 0.5) is 0 Å². The topological polar surface area (TPSA) is 71.6 Å². The summed E-state index contributed by atoms with van der Waals surface area (Å²) in [7, 11) is 0. The molecule has 2 aromatic rings. The monoisotopic (exact) mass is 343 g/mol. The van der Waals surface area contributed by atoms with Gasteiger partial charge in [0.2, 0.25) is 11.7 Å². The Morgan fingerprint density at radius 1 is 1.32 bits per heavy atom. The van der Waals surface area contributed by atoms with E-state index in [2.05, 4.69) is 34.1 Å². The SMILES string of the molecule is Cc1cccc(-c2noc(CN3CCOC[C@@H]3[C@H]3CCC[C@H]3O)n2)c1. The average Bonchev–Trinajstić information content (AvgIpc) is 3.25. The number of hydrogen-bond acceptors (Lipinski definition) is 6. The molecule has 134 valence electrons. The molecule has 1 aromatic heterocycles. The molecular weight excluding hydrogens is 318 g/mol. The van der Waals surface area contributed by atoms with E-state index < -0.39 is 0 Å². The number of hydrogen-bond donors (Lipinski definition) is 1. The molecule has 0 amide bonds. The standard InChI is InChI=1S/C19H25N3O3/c1-13-4-2-5-14(10-13)19-20-18(25-21-19)11-22-8-9-24-12-16(22)15-6-3-7-17(15)23/h2,4-5,10,15-17,23H,3,6-9,11-12H2,1H3/t15-,16-,17-/m1/s1. The number of rotatable bonds is 4. The maximum Gasteiger partial charge on any atom is 0.241 e. The highest BCUT2D eigenvalue weighted by molar-refractivity contribution is 5.55. The van der Waals surface area contributed by atoms with Crippen LogP contribution >= 0.6 is 0 Å². The van der Waals surface area contributed by atoms with Gasteiger partial charge in [-0.2, -0.15) is 4.98 Å². The van der Waals surface area contributed by atoms with Crippen LogP contribution in [0.2, 0.25) is 0 Å². The zero-order valence-electron chi connectivity index (χ0n) is 14.6. The maximum absolute atomic E-state index is 10.3. The van der Waals surface area contributed by atoms with Crippen molar-refractivity contribution in [3.63, 3.8) is 0 Å². The van der Waals surface area contributed by atoms with Crippen LogP contribution in [0.25, 0.3) is 11.4 Å². The van der Waals surface area contributed by atoms with Crippen molar-refractivity contribution in [3.05, 3.63) is 35.7 Å². The van der Waals surface area contributed by atoms with Crippen molar-refractivity contribution in [1.29, 1.82) is 0 Å². The van der Waals surface area contributed by atoms with E-state index in [0.717, 1.165) is 31.4 Å². The Morgan fingerprint density at radius 3 is 3.04 bits per heavy atom. The van der Waals surface area contributed by atoms with Crippen molar-refractivity contribution in [2.45, 2.75) is 44.9 Å². The lowest BCUT2D eigenvalue weighted by molar-refractivity contribution is -0.0567. The lowest BCUT2D eigenvalue weighted by Gasteiger charge is -2.39. The van der Waals surface area contributed by atoms with Gasteiger partial charge in [0.25, 0.3) is 0 Å². The molecule has 0 unspecified atom stereocenters. The van der Waals surface area contributed by atoms with Crippen molar-refractivity contribution < 1.29 is 14.4 Å². The molecule has 1 aromatic carbocycles. The van der Waals surface area contributed by atoms with Crippen LogP contribution in [0, 0.1) is 12.8 Å². The van der Waals surface area contributed by atoms with Gasteiger partial charge in [-0.05, 0) is 25.8 Å². The third-order valence-electron chi connectivity index (χ3n) is 5.39. The number of morpholine rings is 1. The largest absolute Gasteiger partial charge is 0.393 e. The first kappa shape index (κ1) is 16.7. The smallest absolute Gasteiger partial charge is 0.241 e. The highest BCUT2D eigenvalue weighted by Gasteiger charge is 2.38. The Labute approximate surface area is 147 Å². The molecule has 2 fully saturated rings. The number of benzene rings is 1. The predicted octanol–water partition coefficient (Wildman–Crippen LogP) is 2.41. The van der Waals surface area contributed by atoms with Gasteiger partial charge in [0.05, 0.1) is 25.9 Å². The molecule has 2 aliphatic rings. The maximum atomic E-state index is 10.3. The molecule has 1 saturated carbocycles. The van der Waals surface area contributed by atoms with Gasteiger partial charge < -0.3 is 14.4 Å². The van der Waals surface area contributed by atoms with E-state index in [4.69, 9.17) is 9.26 Å². The first-order chi connectivity index (χ1) is 12.2.